The number of hydrogen-bond acceptors (Lipinski definition) is 0. The quantitative estimate of drug-likeness (QED) is 0.648. The molecule has 2 rings (SSSR count). The minimum absolute atomic E-state index is 0.637. The van der Waals surface area contributed by atoms with Gasteiger partial charge in [0.15, 0.2) is 0 Å². The molecule has 1 radical (unpaired) electrons. The number of hydrogen-bond donors (Lipinski definition) is 1. The lowest BCUT2D eigenvalue weighted by molar-refractivity contribution is 1.46. The van der Waals surface area contributed by atoms with Gasteiger partial charge in [-0.05, 0) is 18.2 Å². The summed E-state index contributed by atoms with van der Waals surface area (Å²) < 4.78 is 0. The zero-order valence-electron chi connectivity index (χ0n) is 5.49. The van der Waals surface area contributed by atoms with Crippen molar-refractivity contribution in [2.75, 3.05) is 0 Å². The van der Waals surface area contributed by atoms with Gasteiger partial charge in [0.05, 0.1) is 11.2 Å². The Bertz CT molecular complexity index is 392. The molecule has 0 aliphatic carbocycles. The number of aromatic nitrogens is 1. The molecule has 0 aliphatic heterocycles. The zero-order chi connectivity index (χ0) is 7.84. The van der Waals surface area contributed by atoms with Crippen molar-refractivity contribution in [3.05, 3.63) is 34.4 Å². The summed E-state index contributed by atoms with van der Waals surface area (Å²) in [5.74, 6) is 0. The van der Waals surface area contributed by atoms with Crippen molar-refractivity contribution >= 4 is 34.1 Å². The predicted octanol–water partition coefficient (Wildman–Crippen LogP) is 3.27. The number of benzene rings is 1. The number of aromatic amines is 1. The van der Waals surface area contributed by atoms with Gasteiger partial charge in [0.25, 0.3) is 0 Å². The molecule has 0 saturated heterocycles. The van der Waals surface area contributed by atoms with Crippen molar-refractivity contribution in [2.24, 2.45) is 0 Å². The summed E-state index contributed by atoms with van der Waals surface area (Å²) in [5, 5.41) is 2.25. The maximum Gasteiger partial charge on any atom is 0.0631 e. The zero-order valence-corrected chi connectivity index (χ0v) is 7.00. The molecule has 0 unspecified atom stereocenters. The van der Waals surface area contributed by atoms with E-state index in [1.807, 2.05) is 6.07 Å². The molecular weight excluding hydrogens is 181 g/mol. The smallest absolute Gasteiger partial charge is 0.0631 e. The van der Waals surface area contributed by atoms with E-state index in [1.165, 1.54) is 0 Å². The number of halogens is 2. The highest BCUT2D eigenvalue weighted by Crippen LogP contribution is 2.26. The van der Waals surface area contributed by atoms with Crippen LogP contribution in [0.3, 0.4) is 0 Å². The number of fused-ring (bicyclic) bond motifs is 1. The van der Waals surface area contributed by atoms with Crippen LogP contribution in [0.15, 0.2) is 18.2 Å². The summed E-state index contributed by atoms with van der Waals surface area (Å²) in [4.78, 5) is 2.91. The first-order valence-corrected chi connectivity index (χ1v) is 3.87. The van der Waals surface area contributed by atoms with Crippen molar-refractivity contribution in [2.45, 2.75) is 0 Å². The Balaban J connectivity index is 2.91. The third-order valence-electron chi connectivity index (χ3n) is 1.52. The largest absolute Gasteiger partial charge is 0.353 e. The predicted molar refractivity (Wildman–Crippen MR) is 47.2 cm³/mol. The Kier molecular flexibility index (Phi) is 1.55. The Morgan fingerprint density at radius 1 is 1.27 bits per heavy atom. The van der Waals surface area contributed by atoms with Gasteiger partial charge in [-0.25, -0.2) is 0 Å². The van der Waals surface area contributed by atoms with E-state index in [0.29, 0.717) is 10.0 Å². The van der Waals surface area contributed by atoms with Crippen LogP contribution in [0.4, 0.5) is 0 Å². The van der Waals surface area contributed by atoms with E-state index in [-0.39, 0.29) is 0 Å². The lowest BCUT2D eigenvalue weighted by Gasteiger charge is -1.94. The number of nitrogens with one attached hydrogen (secondary N) is 1. The van der Waals surface area contributed by atoms with Gasteiger partial charge in [-0.3, -0.25) is 0 Å². The highest BCUT2D eigenvalue weighted by atomic mass is 35.5. The van der Waals surface area contributed by atoms with Crippen molar-refractivity contribution in [1.29, 1.82) is 0 Å². The standard InChI is InChI=1S/C8H4Cl2N/c9-5-3-7(10)6-1-2-11-8(6)4-5/h1,3-4,11H. The third-order valence-corrected chi connectivity index (χ3v) is 2.05. The van der Waals surface area contributed by atoms with E-state index >= 15 is 0 Å². The van der Waals surface area contributed by atoms with Crippen molar-refractivity contribution in [3.63, 3.8) is 0 Å². The molecule has 1 nitrogen and oxygen atoms in total. The Labute approximate surface area is 73.9 Å². The van der Waals surface area contributed by atoms with Crippen LogP contribution in [0.1, 0.15) is 0 Å². The highest BCUT2D eigenvalue weighted by molar-refractivity contribution is 6.38. The fraction of sp³-hybridized carbons (Fsp3) is 0. The Hall–Kier alpha value is -0.660. The van der Waals surface area contributed by atoms with Gasteiger partial charge >= 0.3 is 0 Å². The fourth-order valence-electron chi connectivity index (χ4n) is 1.02. The monoisotopic (exact) mass is 184 g/mol. The van der Waals surface area contributed by atoms with E-state index in [0.717, 1.165) is 10.9 Å². The van der Waals surface area contributed by atoms with Crippen LogP contribution in [-0.2, 0) is 0 Å². The summed E-state index contributed by atoms with van der Waals surface area (Å²) in [6.45, 7) is 0. The SMILES string of the molecule is Clc1cc(Cl)c2c[c][nH]c2c1. The lowest BCUT2D eigenvalue weighted by Crippen LogP contribution is -1.69. The summed E-state index contributed by atoms with van der Waals surface area (Å²) in [6.07, 6.45) is 2.84. The molecule has 0 bridgehead atoms. The van der Waals surface area contributed by atoms with Crippen molar-refractivity contribution in [3.8, 4) is 0 Å². The molecule has 11 heavy (non-hydrogen) atoms. The highest BCUT2D eigenvalue weighted by Gasteiger charge is 2.00. The maximum atomic E-state index is 5.88. The second-order valence-electron chi connectivity index (χ2n) is 2.26. The normalized spacial score (nSPS) is 10.7. The van der Waals surface area contributed by atoms with Crippen LogP contribution in [0.2, 0.25) is 10.0 Å². The molecule has 1 aromatic heterocycles. The van der Waals surface area contributed by atoms with Gasteiger partial charge in [0.2, 0.25) is 0 Å². The van der Waals surface area contributed by atoms with Gasteiger partial charge < -0.3 is 4.98 Å². The molecule has 1 heterocycles. The molecule has 0 atom stereocenters. The summed E-state index contributed by atoms with van der Waals surface area (Å²) in [5.41, 5.74) is 0.919. The molecule has 0 spiro atoms. The van der Waals surface area contributed by atoms with E-state index in [4.69, 9.17) is 23.2 Å². The van der Waals surface area contributed by atoms with Crippen LogP contribution in [0.5, 0.6) is 0 Å². The number of H-pyrrole nitrogens is 1. The van der Waals surface area contributed by atoms with Gasteiger partial charge in [0.1, 0.15) is 0 Å². The molecule has 1 aromatic carbocycles. The van der Waals surface area contributed by atoms with E-state index in [1.54, 1.807) is 12.1 Å². The van der Waals surface area contributed by atoms with Crippen LogP contribution >= 0.6 is 23.2 Å². The van der Waals surface area contributed by atoms with Gasteiger partial charge in [0, 0.05) is 15.9 Å². The second kappa shape index (κ2) is 2.43. The molecule has 55 valence electrons. The minimum atomic E-state index is 0.637. The molecule has 0 saturated carbocycles. The van der Waals surface area contributed by atoms with Crippen LogP contribution in [-0.4, -0.2) is 4.98 Å². The summed E-state index contributed by atoms with van der Waals surface area (Å²) in [6, 6.07) is 5.33. The molecule has 0 aliphatic rings. The molecule has 3 heteroatoms. The summed E-state index contributed by atoms with van der Waals surface area (Å²) in [7, 11) is 0. The molecule has 0 fully saturated rings. The average Bonchev–Trinajstić information content (AvgIpc) is 2.34. The Morgan fingerprint density at radius 2 is 2.09 bits per heavy atom. The lowest BCUT2D eigenvalue weighted by atomic mass is 10.2. The van der Waals surface area contributed by atoms with Crippen LogP contribution in [0, 0.1) is 6.20 Å². The van der Waals surface area contributed by atoms with Crippen LogP contribution in [0.25, 0.3) is 10.9 Å². The first-order valence-electron chi connectivity index (χ1n) is 3.11. The number of rotatable bonds is 0. The van der Waals surface area contributed by atoms with Gasteiger partial charge in [-0.2, -0.15) is 0 Å². The first-order chi connectivity index (χ1) is 5.27. The molecule has 1 N–H and O–H groups in total. The van der Waals surface area contributed by atoms with Gasteiger partial charge in [-0.15, -0.1) is 0 Å². The van der Waals surface area contributed by atoms with E-state index in [2.05, 4.69) is 11.2 Å². The van der Waals surface area contributed by atoms with E-state index in [9.17, 15) is 0 Å². The fourth-order valence-corrected chi connectivity index (χ4v) is 1.57. The second-order valence-corrected chi connectivity index (χ2v) is 3.11. The summed E-state index contributed by atoms with van der Waals surface area (Å²) >= 11 is 11.6. The molecule has 2 aromatic rings. The Morgan fingerprint density at radius 3 is 2.91 bits per heavy atom. The van der Waals surface area contributed by atoms with Crippen molar-refractivity contribution < 1.29 is 0 Å². The minimum Gasteiger partial charge on any atom is -0.353 e. The average molecular weight is 185 g/mol. The van der Waals surface area contributed by atoms with Crippen molar-refractivity contribution in [1.82, 2.24) is 4.98 Å². The van der Waals surface area contributed by atoms with Crippen LogP contribution < -0.4 is 0 Å². The van der Waals surface area contributed by atoms with Gasteiger partial charge in [-0.1, -0.05) is 23.2 Å². The molecular formula is C8H4Cl2N. The van der Waals surface area contributed by atoms with E-state index < -0.39 is 0 Å². The first kappa shape index (κ1) is 7.01. The topological polar surface area (TPSA) is 15.8 Å². The molecule has 0 amide bonds. The maximum absolute atomic E-state index is 5.88. The third kappa shape index (κ3) is 1.10.